The van der Waals surface area contributed by atoms with Crippen LogP contribution in [0.25, 0.3) is 0 Å². The van der Waals surface area contributed by atoms with E-state index in [1.54, 1.807) is 6.07 Å². The van der Waals surface area contributed by atoms with Crippen molar-refractivity contribution in [1.82, 2.24) is 0 Å². The van der Waals surface area contributed by atoms with E-state index in [0.717, 1.165) is 0 Å². The lowest BCUT2D eigenvalue weighted by Gasteiger charge is -2.14. The van der Waals surface area contributed by atoms with E-state index in [1.807, 2.05) is 0 Å². The predicted octanol–water partition coefficient (Wildman–Crippen LogP) is 1.69. The average Bonchev–Trinajstić information content (AvgIpc) is 2.29. The first-order chi connectivity index (χ1) is 7.69. The molecule has 0 amide bonds. The maximum absolute atomic E-state index is 13.0. The van der Waals surface area contributed by atoms with Crippen LogP contribution in [0.3, 0.4) is 0 Å². The molecule has 0 aliphatic carbocycles. The van der Waals surface area contributed by atoms with E-state index < -0.39 is 17.9 Å². The van der Waals surface area contributed by atoms with Crippen molar-refractivity contribution in [2.75, 3.05) is 13.7 Å². The summed E-state index contributed by atoms with van der Waals surface area (Å²) < 4.78 is 22.6. The van der Waals surface area contributed by atoms with E-state index in [2.05, 4.69) is 10.7 Å². The first-order valence-electron chi connectivity index (χ1n) is 4.57. The molecule has 0 aromatic heterocycles. The minimum Gasteiger partial charge on any atom is -0.467 e. The molecule has 0 N–H and O–H groups in total. The van der Waals surface area contributed by atoms with Crippen molar-refractivity contribution in [1.29, 1.82) is 0 Å². The Balaban J connectivity index is 2.92. The zero-order valence-corrected chi connectivity index (χ0v) is 8.77. The number of terminal acetylenes is 1. The Morgan fingerprint density at radius 1 is 1.62 bits per heavy atom. The highest BCUT2D eigenvalue weighted by molar-refractivity contribution is 5.76. The molecule has 0 fully saturated rings. The van der Waals surface area contributed by atoms with Gasteiger partial charge in [0.05, 0.1) is 7.11 Å². The molecule has 1 aromatic carbocycles. The van der Waals surface area contributed by atoms with Crippen LogP contribution in [0.15, 0.2) is 24.3 Å². The molecule has 4 heteroatoms. The van der Waals surface area contributed by atoms with Crippen LogP contribution in [-0.4, -0.2) is 19.7 Å². The third-order valence-electron chi connectivity index (χ3n) is 1.90. The Morgan fingerprint density at radius 3 is 2.94 bits per heavy atom. The number of halogens is 1. The fourth-order valence-corrected chi connectivity index (χ4v) is 1.21. The van der Waals surface area contributed by atoms with Gasteiger partial charge < -0.3 is 9.47 Å². The van der Waals surface area contributed by atoms with Crippen LogP contribution in [0.1, 0.15) is 11.7 Å². The van der Waals surface area contributed by atoms with Crippen molar-refractivity contribution in [3.05, 3.63) is 35.6 Å². The first-order valence-corrected chi connectivity index (χ1v) is 4.57. The normalized spacial score (nSPS) is 11.6. The largest absolute Gasteiger partial charge is 0.467 e. The SMILES string of the molecule is C#CCO[C@H](C(=O)OC)c1cccc(F)c1. The van der Waals surface area contributed by atoms with Crippen LogP contribution < -0.4 is 0 Å². The van der Waals surface area contributed by atoms with Crippen LogP contribution in [0.4, 0.5) is 4.39 Å². The molecule has 1 rings (SSSR count). The molecule has 0 bridgehead atoms. The highest BCUT2D eigenvalue weighted by atomic mass is 19.1. The summed E-state index contributed by atoms with van der Waals surface area (Å²) in [7, 11) is 1.23. The van der Waals surface area contributed by atoms with E-state index in [0.29, 0.717) is 5.56 Å². The van der Waals surface area contributed by atoms with Crippen LogP contribution >= 0.6 is 0 Å². The van der Waals surface area contributed by atoms with Crippen molar-refractivity contribution >= 4 is 5.97 Å². The lowest BCUT2D eigenvalue weighted by atomic mass is 10.1. The van der Waals surface area contributed by atoms with Crippen molar-refractivity contribution in [3.8, 4) is 12.3 Å². The Morgan fingerprint density at radius 2 is 2.38 bits per heavy atom. The molecule has 1 atom stereocenters. The molecule has 0 heterocycles. The Hall–Kier alpha value is -1.86. The van der Waals surface area contributed by atoms with E-state index in [1.165, 1.54) is 25.3 Å². The van der Waals surface area contributed by atoms with Gasteiger partial charge in [-0.2, -0.15) is 0 Å². The molecule has 16 heavy (non-hydrogen) atoms. The van der Waals surface area contributed by atoms with Crippen LogP contribution in [0.5, 0.6) is 0 Å². The molecule has 0 saturated carbocycles. The van der Waals surface area contributed by atoms with Gasteiger partial charge in [0.15, 0.2) is 6.10 Å². The Labute approximate surface area is 93.2 Å². The molecule has 3 nitrogen and oxygen atoms in total. The standard InChI is InChI=1S/C12H11FO3/c1-3-7-16-11(12(14)15-2)9-5-4-6-10(13)8-9/h1,4-6,8,11H,7H2,2H3/t11-/m0/s1. The van der Waals surface area contributed by atoms with Gasteiger partial charge >= 0.3 is 5.97 Å². The summed E-state index contributed by atoms with van der Waals surface area (Å²) >= 11 is 0. The second-order valence-electron chi connectivity index (χ2n) is 2.97. The molecule has 0 aliphatic heterocycles. The quantitative estimate of drug-likeness (QED) is 0.574. The number of carbonyl (C=O) groups is 1. The number of methoxy groups -OCH3 is 1. The number of hydrogen-bond acceptors (Lipinski definition) is 3. The summed E-state index contributed by atoms with van der Waals surface area (Å²) in [6.45, 7) is -0.0454. The van der Waals surface area contributed by atoms with Crippen molar-refractivity contribution in [2.24, 2.45) is 0 Å². The smallest absolute Gasteiger partial charge is 0.339 e. The molecule has 84 valence electrons. The lowest BCUT2D eigenvalue weighted by Crippen LogP contribution is -2.18. The summed E-state index contributed by atoms with van der Waals surface area (Å²) in [4.78, 5) is 11.4. The zero-order valence-electron chi connectivity index (χ0n) is 8.77. The first kappa shape index (κ1) is 12.2. The van der Waals surface area contributed by atoms with Gasteiger partial charge in [0.2, 0.25) is 0 Å². The summed E-state index contributed by atoms with van der Waals surface area (Å²) in [5.74, 6) is 1.18. The number of hydrogen-bond donors (Lipinski definition) is 0. The number of ether oxygens (including phenoxy) is 2. The lowest BCUT2D eigenvalue weighted by molar-refractivity contribution is -0.153. The van der Waals surface area contributed by atoms with Crippen LogP contribution in [0.2, 0.25) is 0 Å². The monoisotopic (exact) mass is 222 g/mol. The fourth-order valence-electron chi connectivity index (χ4n) is 1.21. The van der Waals surface area contributed by atoms with Gasteiger partial charge in [-0.1, -0.05) is 18.1 Å². The van der Waals surface area contributed by atoms with Gasteiger partial charge in [-0.15, -0.1) is 6.42 Å². The molecular formula is C12H11FO3. The van der Waals surface area contributed by atoms with E-state index >= 15 is 0 Å². The predicted molar refractivity (Wildman–Crippen MR) is 55.9 cm³/mol. The second kappa shape index (κ2) is 5.89. The van der Waals surface area contributed by atoms with Gasteiger partial charge in [-0.05, 0) is 17.7 Å². The molecule has 0 aliphatic rings. The molecular weight excluding hydrogens is 211 g/mol. The number of rotatable bonds is 4. The second-order valence-corrected chi connectivity index (χ2v) is 2.97. The third kappa shape index (κ3) is 3.07. The minimum atomic E-state index is -0.989. The number of carbonyl (C=O) groups excluding carboxylic acids is 1. The summed E-state index contributed by atoms with van der Waals surface area (Å²) in [6.07, 6.45) is 4.04. The highest BCUT2D eigenvalue weighted by Gasteiger charge is 2.22. The topological polar surface area (TPSA) is 35.5 Å². The summed E-state index contributed by atoms with van der Waals surface area (Å²) in [5, 5.41) is 0. The number of esters is 1. The Bertz CT molecular complexity index is 409. The highest BCUT2D eigenvalue weighted by Crippen LogP contribution is 2.19. The van der Waals surface area contributed by atoms with Gasteiger partial charge in [0.1, 0.15) is 12.4 Å². The van der Waals surface area contributed by atoms with Crippen LogP contribution in [-0.2, 0) is 14.3 Å². The molecule has 0 radical (unpaired) electrons. The van der Waals surface area contributed by atoms with E-state index in [4.69, 9.17) is 11.2 Å². The van der Waals surface area contributed by atoms with Gasteiger partial charge in [-0.3, -0.25) is 0 Å². The molecule has 1 aromatic rings. The van der Waals surface area contributed by atoms with Gasteiger partial charge in [0, 0.05) is 0 Å². The molecule has 0 unspecified atom stereocenters. The van der Waals surface area contributed by atoms with Crippen molar-refractivity contribution in [2.45, 2.75) is 6.10 Å². The minimum absolute atomic E-state index is 0.0454. The maximum atomic E-state index is 13.0. The third-order valence-corrected chi connectivity index (χ3v) is 1.90. The van der Waals surface area contributed by atoms with Crippen LogP contribution in [0, 0.1) is 18.2 Å². The molecule has 0 spiro atoms. The average molecular weight is 222 g/mol. The van der Waals surface area contributed by atoms with Gasteiger partial charge in [-0.25, -0.2) is 9.18 Å². The van der Waals surface area contributed by atoms with Gasteiger partial charge in [0.25, 0.3) is 0 Å². The Kier molecular flexibility index (Phi) is 4.49. The van der Waals surface area contributed by atoms with Crippen molar-refractivity contribution < 1.29 is 18.7 Å². The molecule has 0 saturated heterocycles. The number of benzene rings is 1. The maximum Gasteiger partial charge on any atom is 0.339 e. The zero-order chi connectivity index (χ0) is 12.0. The summed E-state index contributed by atoms with van der Waals surface area (Å²) in [5.41, 5.74) is 0.377. The summed E-state index contributed by atoms with van der Waals surface area (Å²) in [6, 6.07) is 5.54. The fraction of sp³-hybridized carbons (Fsp3) is 0.250. The van der Waals surface area contributed by atoms with E-state index in [9.17, 15) is 9.18 Å². The van der Waals surface area contributed by atoms with Crippen molar-refractivity contribution in [3.63, 3.8) is 0 Å². The van der Waals surface area contributed by atoms with E-state index in [-0.39, 0.29) is 6.61 Å².